The van der Waals surface area contributed by atoms with Crippen molar-refractivity contribution in [3.63, 3.8) is 0 Å². The molecule has 4 nitrogen and oxygen atoms in total. The first-order valence-corrected chi connectivity index (χ1v) is 9.15. The second-order valence-electron chi connectivity index (χ2n) is 6.00. The summed E-state index contributed by atoms with van der Waals surface area (Å²) in [6, 6.07) is 20.0. The van der Waals surface area contributed by atoms with E-state index >= 15 is 0 Å². The van der Waals surface area contributed by atoms with E-state index in [0.717, 1.165) is 32.5 Å². The van der Waals surface area contributed by atoms with Crippen LogP contribution in [0.25, 0.3) is 22.0 Å². The number of hydrogen-bond donors (Lipinski definition) is 2. The van der Waals surface area contributed by atoms with Crippen LogP contribution in [0.5, 0.6) is 0 Å². The summed E-state index contributed by atoms with van der Waals surface area (Å²) in [6.07, 6.45) is 1.65. The second-order valence-corrected chi connectivity index (χ2v) is 6.98. The maximum atomic E-state index is 12.8. The first kappa shape index (κ1) is 16.3. The summed E-state index contributed by atoms with van der Waals surface area (Å²) >= 11 is 1.57. The number of nitrogens with one attached hydrogen (secondary N) is 2. The zero-order chi connectivity index (χ0) is 17.9. The van der Waals surface area contributed by atoms with Gasteiger partial charge < -0.3 is 4.98 Å². The molecule has 0 aliphatic heterocycles. The lowest BCUT2D eigenvalue weighted by molar-refractivity contribution is 0.0951. The number of aromatic amines is 1. The Morgan fingerprint density at radius 2 is 1.96 bits per heavy atom. The summed E-state index contributed by atoms with van der Waals surface area (Å²) in [6.45, 7) is 2.05. The third-order valence-corrected chi connectivity index (χ3v) is 4.95. The number of carbonyl (C=O) groups excluding carboxylic acids is 1. The van der Waals surface area contributed by atoms with Gasteiger partial charge in [0.05, 0.1) is 6.21 Å². The lowest BCUT2D eigenvalue weighted by Gasteiger charge is -2.04. The molecule has 0 bridgehead atoms. The van der Waals surface area contributed by atoms with Gasteiger partial charge in [-0.15, -0.1) is 11.3 Å². The average molecular weight is 359 g/mol. The van der Waals surface area contributed by atoms with Gasteiger partial charge in [0, 0.05) is 21.3 Å². The van der Waals surface area contributed by atoms with Crippen molar-refractivity contribution < 1.29 is 4.79 Å². The standard InChI is InChI=1S/C21H17N3OS/c1-14-9-10-18-17(12-14)19(15-6-3-2-4-7-15)20(23-18)21(25)24-22-13-16-8-5-11-26-16/h2-13,23H,1H3,(H,24,25)/b22-13-. The number of amides is 1. The molecule has 0 atom stereocenters. The van der Waals surface area contributed by atoms with Gasteiger partial charge in [0.15, 0.2) is 0 Å². The predicted octanol–water partition coefficient (Wildman–Crippen LogP) is 4.97. The number of hydrazone groups is 1. The zero-order valence-electron chi connectivity index (χ0n) is 14.2. The van der Waals surface area contributed by atoms with Gasteiger partial charge in [-0.1, -0.05) is 48.0 Å². The molecule has 26 heavy (non-hydrogen) atoms. The average Bonchev–Trinajstić information content (AvgIpc) is 3.29. The number of thiophene rings is 1. The molecular formula is C21H17N3OS. The van der Waals surface area contributed by atoms with Gasteiger partial charge in [0.2, 0.25) is 0 Å². The van der Waals surface area contributed by atoms with Crippen LogP contribution in [0.15, 0.2) is 71.1 Å². The van der Waals surface area contributed by atoms with Crippen LogP contribution in [0.3, 0.4) is 0 Å². The van der Waals surface area contributed by atoms with Crippen molar-refractivity contribution in [1.82, 2.24) is 10.4 Å². The molecule has 0 aliphatic carbocycles. The molecule has 0 radical (unpaired) electrons. The van der Waals surface area contributed by atoms with Gasteiger partial charge in [-0.05, 0) is 36.1 Å². The molecule has 0 spiro atoms. The topological polar surface area (TPSA) is 57.2 Å². The highest BCUT2D eigenvalue weighted by Crippen LogP contribution is 2.33. The van der Waals surface area contributed by atoms with Crippen LogP contribution in [0, 0.1) is 6.92 Å². The van der Waals surface area contributed by atoms with Crippen molar-refractivity contribution >= 4 is 34.4 Å². The van der Waals surface area contributed by atoms with Crippen molar-refractivity contribution in [3.8, 4) is 11.1 Å². The van der Waals surface area contributed by atoms with E-state index in [1.807, 2.05) is 66.9 Å². The Balaban J connectivity index is 1.75. The molecule has 5 heteroatoms. The smallest absolute Gasteiger partial charge is 0.288 e. The van der Waals surface area contributed by atoms with Gasteiger partial charge in [-0.2, -0.15) is 5.10 Å². The molecule has 4 rings (SSSR count). The Labute approximate surface area is 155 Å². The normalized spacial score (nSPS) is 11.3. The van der Waals surface area contributed by atoms with Gasteiger partial charge in [0.1, 0.15) is 5.69 Å². The number of aromatic nitrogens is 1. The summed E-state index contributed by atoms with van der Waals surface area (Å²) in [7, 11) is 0. The first-order chi connectivity index (χ1) is 12.7. The minimum atomic E-state index is -0.259. The molecule has 0 unspecified atom stereocenters. The predicted molar refractivity (Wildman–Crippen MR) is 108 cm³/mol. The highest BCUT2D eigenvalue weighted by atomic mass is 32.1. The van der Waals surface area contributed by atoms with E-state index in [2.05, 4.69) is 21.6 Å². The number of benzene rings is 2. The van der Waals surface area contributed by atoms with E-state index in [1.54, 1.807) is 17.6 Å². The minimum Gasteiger partial charge on any atom is -0.350 e. The van der Waals surface area contributed by atoms with E-state index in [-0.39, 0.29) is 5.91 Å². The number of rotatable bonds is 4. The van der Waals surface area contributed by atoms with E-state index in [9.17, 15) is 4.79 Å². The van der Waals surface area contributed by atoms with Crippen LogP contribution in [-0.4, -0.2) is 17.1 Å². The lowest BCUT2D eigenvalue weighted by atomic mass is 10.0. The van der Waals surface area contributed by atoms with Gasteiger partial charge in [-0.25, -0.2) is 5.43 Å². The number of carbonyl (C=O) groups is 1. The van der Waals surface area contributed by atoms with Crippen LogP contribution >= 0.6 is 11.3 Å². The summed E-state index contributed by atoms with van der Waals surface area (Å²) in [5.74, 6) is -0.259. The number of nitrogens with zero attached hydrogens (tertiary/aromatic N) is 1. The quantitative estimate of drug-likeness (QED) is 0.392. The molecule has 0 saturated heterocycles. The SMILES string of the molecule is Cc1ccc2[nH]c(C(=O)N/N=C\c3cccs3)c(-c3ccccc3)c2c1. The van der Waals surface area contributed by atoms with Crippen LogP contribution in [0.1, 0.15) is 20.9 Å². The van der Waals surface area contributed by atoms with E-state index in [0.29, 0.717) is 5.69 Å². The number of aryl methyl sites for hydroxylation is 1. The summed E-state index contributed by atoms with van der Waals surface area (Å²) < 4.78 is 0. The molecule has 2 aromatic heterocycles. The molecule has 0 aliphatic rings. The number of fused-ring (bicyclic) bond motifs is 1. The molecule has 4 aromatic rings. The minimum absolute atomic E-state index is 0.259. The van der Waals surface area contributed by atoms with Crippen LogP contribution in [-0.2, 0) is 0 Å². The Morgan fingerprint density at radius 3 is 2.73 bits per heavy atom. The Morgan fingerprint density at radius 1 is 1.12 bits per heavy atom. The maximum Gasteiger partial charge on any atom is 0.288 e. The summed E-state index contributed by atoms with van der Waals surface area (Å²) in [4.78, 5) is 17.0. The van der Waals surface area contributed by atoms with Crippen molar-refractivity contribution in [2.24, 2.45) is 5.10 Å². The molecule has 1 amide bonds. The summed E-state index contributed by atoms with van der Waals surface area (Å²) in [5, 5.41) is 7.08. The Hall–Kier alpha value is -3.18. The highest BCUT2D eigenvalue weighted by molar-refractivity contribution is 7.11. The third-order valence-electron chi connectivity index (χ3n) is 4.14. The van der Waals surface area contributed by atoms with E-state index in [4.69, 9.17) is 0 Å². The third kappa shape index (κ3) is 3.17. The van der Waals surface area contributed by atoms with Crippen molar-refractivity contribution in [2.45, 2.75) is 6.92 Å². The van der Waals surface area contributed by atoms with Gasteiger partial charge >= 0.3 is 0 Å². The van der Waals surface area contributed by atoms with Gasteiger partial charge in [-0.3, -0.25) is 4.79 Å². The zero-order valence-corrected chi connectivity index (χ0v) is 15.0. The molecule has 2 aromatic carbocycles. The fourth-order valence-corrected chi connectivity index (χ4v) is 3.54. The first-order valence-electron chi connectivity index (χ1n) is 8.27. The van der Waals surface area contributed by atoms with Crippen LogP contribution < -0.4 is 5.43 Å². The highest BCUT2D eigenvalue weighted by Gasteiger charge is 2.19. The van der Waals surface area contributed by atoms with Crippen molar-refractivity contribution in [1.29, 1.82) is 0 Å². The molecule has 0 saturated carbocycles. The molecule has 2 N–H and O–H groups in total. The van der Waals surface area contributed by atoms with Crippen LogP contribution in [0.2, 0.25) is 0 Å². The fourth-order valence-electron chi connectivity index (χ4n) is 2.96. The molecule has 0 fully saturated rings. The number of H-pyrrole nitrogens is 1. The largest absolute Gasteiger partial charge is 0.350 e. The van der Waals surface area contributed by atoms with E-state index in [1.165, 1.54) is 0 Å². The van der Waals surface area contributed by atoms with Gasteiger partial charge in [0.25, 0.3) is 5.91 Å². The van der Waals surface area contributed by atoms with E-state index < -0.39 is 0 Å². The number of hydrogen-bond acceptors (Lipinski definition) is 3. The molecule has 2 heterocycles. The maximum absolute atomic E-state index is 12.8. The van der Waals surface area contributed by atoms with Crippen molar-refractivity contribution in [2.75, 3.05) is 0 Å². The van der Waals surface area contributed by atoms with Crippen LogP contribution in [0.4, 0.5) is 0 Å². The monoisotopic (exact) mass is 359 g/mol. The molecular weight excluding hydrogens is 342 g/mol. The Bertz CT molecular complexity index is 1080. The second kappa shape index (κ2) is 6.98. The van der Waals surface area contributed by atoms with Crippen molar-refractivity contribution in [3.05, 3.63) is 82.2 Å². The fraction of sp³-hybridized carbons (Fsp3) is 0.0476. The Kier molecular flexibility index (Phi) is 4.37. The molecule has 128 valence electrons. The summed E-state index contributed by atoms with van der Waals surface area (Å²) in [5.41, 5.74) is 7.12. The lowest BCUT2D eigenvalue weighted by Crippen LogP contribution is -2.18.